The molecule has 15 heteroatoms. The van der Waals surface area contributed by atoms with E-state index < -0.39 is 85.3 Å². The first-order valence-corrected chi connectivity index (χ1v) is 22.2. The first-order chi connectivity index (χ1) is 32.4. The van der Waals surface area contributed by atoms with E-state index in [1.54, 1.807) is 54.6 Å². The number of ether oxygens (including phenoxy) is 3. The second kappa shape index (κ2) is 26.9. The van der Waals surface area contributed by atoms with Gasteiger partial charge in [-0.15, -0.1) is 0 Å². The molecule has 0 saturated heterocycles. The van der Waals surface area contributed by atoms with Crippen molar-refractivity contribution >= 4 is 29.8 Å². The highest BCUT2D eigenvalue weighted by Crippen LogP contribution is 2.28. The summed E-state index contributed by atoms with van der Waals surface area (Å²) in [6.45, 7) is 2.78. The van der Waals surface area contributed by atoms with Crippen molar-refractivity contribution in [1.82, 2.24) is 21.3 Å². The molecule has 0 saturated carbocycles. The number of amides is 4. The van der Waals surface area contributed by atoms with Crippen molar-refractivity contribution in [2.75, 3.05) is 13.2 Å². The molecule has 0 heterocycles. The summed E-state index contributed by atoms with van der Waals surface area (Å²) < 4.78 is 17.1. The zero-order chi connectivity index (χ0) is 48.0. The molecule has 4 amide bonds. The van der Waals surface area contributed by atoms with Crippen LogP contribution in [0.5, 0.6) is 0 Å². The van der Waals surface area contributed by atoms with Gasteiger partial charge in [0.15, 0.2) is 12.2 Å². The van der Waals surface area contributed by atoms with Crippen LogP contribution in [0, 0.1) is 5.92 Å². The SMILES string of the molecule is CC(C)C[C@H](NC(=O)[C@H](COCc1ccccc1)NC(=O)OCc1ccccc1)C(=O)N[C@@H](CO)C[C@@H](O)[C@H](O)C(=O)N[C@@H](CC(=O)OC(c1ccccc1)c1ccccc1)c1ccccc1. The van der Waals surface area contributed by atoms with Crippen molar-refractivity contribution in [2.24, 2.45) is 5.92 Å². The highest BCUT2D eigenvalue weighted by atomic mass is 16.6. The average molecular weight is 917 g/mol. The molecule has 0 unspecified atom stereocenters. The number of aliphatic hydroxyl groups is 3. The monoisotopic (exact) mass is 916 g/mol. The van der Waals surface area contributed by atoms with Crippen molar-refractivity contribution < 1.29 is 53.5 Å². The van der Waals surface area contributed by atoms with Crippen LogP contribution in [0.1, 0.15) is 73.1 Å². The molecule has 6 atom stereocenters. The van der Waals surface area contributed by atoms with Gasteiger partial charge in [0.1, 0.15) is 18.7 Å². The van der Waals surface area contributed by atoms with Gasteiger partial charge >= 0.3 is 12.1 Å². The van der Waals surface area contributed by atoms with Crippen molar-refractivity contribution in [3.63, 3.8) is 0 Å². The maximum Gasteiger partial charge on any atom is 0.408 e. The van der Waals surface area contributed by atoms with Gasteiger partial charge in [-0.05, 0) is 46.6 Å². The van der Waals surface area contributed by atoms with Crippen LogP contribution in [0.3, 0.4) is 0 Å². The quantitative estimate of drug-likeness (QED) is 0.0377. The molecule has 67 heavy (non-hydrogen) atoms. The third kappa shape index (κ3) is 17.1. The van der Waals surface area contributed by atoms with Gasteiger partial charge < -0.3 is 50.8 Å². The summed E-state index contributed by atoms with van der Waals surface area (Å²) in [5.74, 6) is -3.24. The normalized spacial score (nSPS) is 13.8. The van der Waals surface area contributed by atoms with Crippen molar-refractivity contribution in [3.8, 4) is 0 Å². The largest absolute Gasteiger partial charge is 0.452 e. The molecule has 0 aliphatic heterocycles. The fourth-order valence-electron chi connectivity index (χ4n) is 7.14. The molecule has 0 radical (unpaired) electrons. The standard InChI is InChI=1S/C52H60N4O11/c1-35(2)28-43(55-50(62)44(34-65-32-36-18-8-3-9-19-36)56-52(64)66-33-37-20-10-4-11-21-37)49(61)53-41(31-57)29-45(58)47(60)51(63)54-42(38-22-12-5-13-23-38)30-46(59)67-48(39-24-14-6-15-25-39)40-26-16-7-17-27-40/h3-27,35,41-45,47-48,57-58,60H,28-34H2,1-2H3,(H,53,61)(H,54,63)(H,55,62)(H,56,64)/t41-,42+,43+,44+,45-,47+/m1/s1. The predicted molar refractivity (Wildman–Crippen MR) is 249 cm³/mol. The number of esters is 1. The Bertz CT molecular complexity index is 2230. The smallest absolute Gasteiger partial charge is 0.408 e. The van der Waals surface area contributed by atoms with Crippen LogP contribution in [-0.4, -0.2) is 88.7 Å². The number of rotatable bonds is 25. The van der Waals surface area contributed by atoms with Crippen molar-refractivity contribution in [2.45, 2.75) is 88.8 Å². The topological polar surface area (TPSA) is 222 Å². The molecule has 0 bridgehead atoms. The minimum absolute atomic E-state index is 0.0535. The van der Waals surface area contributed by atoms with Crippen LogP contribution in [0.4, 0.5) is 4.79 Å². The molecule has 5 aromatic carbocycles. The number of carbonyl (C=O) groups excluding carboxylic acids is 5. The van der Waals surface area contributed by atoms with Gasteiger partial charge in [0.05, 0.1) is 44.4 Å². The number of benzene rings is 5. The average Bonchev–Trinajstić information content (AvgIpc) is 3.35. The van der Waals surface area contributed by atoms with Crippen LogP contribution in [0.2, 0.25) is 0 Å². The lowest BCUT2D eigenvalue weighted by atomic mass is 9.99. The molecule has 0 spiro atoms. The van der Waals surface area contributed by atoms with E-state index in [1.165, 1.54) is 0 Å². The number of alkyl carbamates (subject to hydrolysis) is 1. The summed E-state index contributed by atoms with van der Waals surface area (Å²) in [4.78, 5) is 67.6. The number of hydrogen-bond donors (Lipinski definition) is 7. The van der Waals surface area contributed by atoms with Gasteiger partial charge in [-0.3, -0.25) is 19.2 Å². The zero-order valence-electron chi connectivity index (χ0n) is 37.6. The molecule has 7 N–H and O–H groups in total. The molecule has 5 aromatic rings. The molecular formula is C52H60N4O11. The molecule has 0 aliphatic carbocycles. The summed E-state index contributed by atoms with van der Waals surface area (Å²) in [5, 5.41) is 43.0. The zero-order valence-corrected chi connectivity index (χ0v) is 37.6. The number of hydrogen-bond acceptors (Lipinski definition) is 11. The summed E-state index contributed by atoms with van der Waals surface area (Å²) in [6, 6.07) is 40.6. The van der Waals surface area contributed by atoms with E-state index in [0.29, 0.717) is 5.56 Å². The van der Waals surface area contributed by atoms with Crippen LogP contribution in [0.15, 0.2) is 152 Å². The van der Waals surface area contributed by atoms with Gasteiger partial charge in [-0.1, -0.05) is 166 Å². The van der Waals surface area contributed by atoms with Crippen LogP contribution in [0.25, 0.3) is 0 Å². The van der Waals surface area contributed by atoms with Gasteiger partial charge in [0.2, 0.25) is 11.8 Å². The van der Waals surface area contributed by atoms with Gasteiger partial charge in [-0.2, -0.15) is 0 Å². The Morgan fingerprint density at radius 2 is 1.04 bits per heavy atom. The Balaban J connectivity index is 1.21. The van der Waals surface area contributed by atoms with E-state index in [1.807, 2.05) is 111 Å². The summed E-state index contributed by atoms with van der Waals surface area (Å²) in [7, 11) is 0. The third-order valence-corrected chi connectivity index (χ3v) is 10.6. The number of aliphatic hydroxyl groups excluding tert-OH is 3. The maximum atomic E-state index is 13.8. The lowest BCUT2D eigenvalue weighted by Crippen LogP contribution is -2.57. The Kier molecular flexibility index (Phi) is 20.5. The maximum absolute atomic E-state index is 13.8. The second-order valence-electron chi connectivity index (χ2n) is 16.5. The lowest BCUT2D eigenvalue weighted by Gasteiger charge is -2.28. The van der Waals surface area contributed by atoms with E-state index in [-0.39, 0.29) is 38.6 Å². The van der Waals surface area contributed by atoms with E-state index in [0.717, 1.165) is 22.3 Å². The minimum Gasteiger partial charge on any atom is -0.452 e. The molecular weight excluding hydrogens is 857 g/mol. The second-order valence-corrected chi connectivity index (χ2v) is 16.5. The third-order valence-electron chi connectivity index (χ3n) is 10.6. The fourth-order valence-corrected chi connectivity index (χ4v) is 7.14. The number of carbonyl (C=O) groups is 5. The van der Waals surface area contributed by atoms with E-state index >= 15 is 0 Å². The lowest BCUT2D eigenvalue weighted by molar-refractivity contribution is -0.148. The first-order valence-electron chi connectivity index (χ1n) is 22.2. The Labute approximate surface area is 390 Å². The first kappa shape index (κ1) is 51.1. The molecule has 0 fully saturated rings. The fraction of sp³-hybridized carbons (Fsp3) is 0.327. The highest BCUT2D eigenvalue weighted by molar-refractivity contribution is 5.91. The number of nitrogens with one attached hydrogen (secondary N) is 4. The van der Waals surface area contributed by atoms with E-state index in [9.17, 15) is 39.3 Å². The Morgan fingerprint density at radius 1 is 0.552 bits per heavy atom. The van der Waals surface area contributed by atoms with E-state index in [2.05, 4.69) is 21.3 Å². The van der Waals surface area contributed by atoms with Crippen LogP contribution < -0.4 is 21.3 Å². The predicted octanol–water partition coefficient (Wildman–Crippen LogP) is 5.20. The van der Waals surface area contributed by atoms with Gasteiger partial charge in [-0.25, -0.2) is 4.79 Å². The molecule has 0 aliphatic rings. The Morgan fingerprint density at radius 3 is 1.57 bits per heavy atom. The summed E-state index contributed by atoms with van der Waals surface area (Å²) in [5.41, 5.74) is 3.58. The molecule has 354 valence electrons. The van der Waals surface area contributed by atoms with Gasteiger partial charge in [0.25, 0.3) is 5.91 Å². The Hall–Kier alpha value is -6.91. The highest BCUT2D eigenvalue weighted by Gasteiger charge is 2.33. The summed E-state index contributed by atoms with van der Waals surface area (Å²) in [6.07, 6.45) is -6.12. The molecule has 5 rings (SSSR count). The van der Waals surface area contributed by atoms with Crippen molar-refractivity contribution in [1.29, 1.82) is 0 Å². The van der Waals surface area contributed by atoms with Gasteiger partial charge in [0, 0.05) is 0 Å². The van der Waals surface area contributed by atoms with E-state index in [4.69, 9.17) is 14.2 Å². The van der Waals surface area contributed by atoms with Crippen LogP contribution in [-0.2, 0) is 46.6 Å². The molecule has 0 aromatic heterocycles. The van der Waals surface area contributed by atoms with Crippen molar-refractivity contribution in [3.05, 3.63) is 179 Å². The van der Waals surface area contributed by atoms with Crippen LogP contribution >= 0.6 is 0 Å². The molecule has 15 nitrogen and oxygen atoms in total. The summed E-state index contributed by atoms with van der Waals surface area (Å²) >= 11 is 0. The minimum atomic E-state index is -2.05.